The minimum atomic E-state index is -0.191. The highest BCUT2D eigenvalue weighted by atomic mass is 16.2. The number of rotatable bonds is 4. The average Bonchev–Trinajstić information content (AvgIpc) is 3.15. The van der Waals surface area contributed by atoms with E-state index in [9.17, 15) is 9.59 Å². The van der Waals surface area contributed by atoms with Crippen LogP contribution in [0.1, 0.15) is 44.1 Å². The number of hydrogen-bond acceptors (Lipinski definition) is 4. The summed E-state index contributed by atoms with van der Waals surface area (Å²) in [5, 5.41) is 3.19. The van der Waals surface area contributed by atoms with E-state index in [1.165, 1.54) is 0 Å². The Morgan fingerprint density at radius 2 is 2.20 bits per heavy atom. The van der Waals surface area contributed by atoms with Crippen LogP contribution in [0.5, 0.6) is 0 Å². The molecule has 3 aliphatic rings. The highest BCUT2D eigenvalue weighted by Crippen LogP contribution is 2.26. The van der Waals surface area contributed by atoms with Gasteiger partial charge in [-0.2, -0.15) is 0 Å². The fourth-order valence-corrected chi connectivity index (χ4v) is 3.91. The van der Waals surface area contributed by atoms with Crippen molar-refractivity contribution in [3.05, 3.63) is 17.7 Å². The molecule has 3 aliphatic heterocycles. The number of amides is 2. The Labute approximate surface area is 148 Å². The predicted octanol–water partition coefficient (Wildman–Crippen LogP) is 0.559. The molecule has 2 fully saturated rings. The lowest BCUT2D eigenvalue weighted by Crippen LogP contribution is -2.57. The third-order valence-corrected chi connectivity index (χ3v) is 5.96. The number of carbonyl (C=O) groups is 2. The first-order valence-electron chi connectivity index (χ1n) is 9.41. The smallest absolute Gasteiger partial charge is 0.228 e. The lowest BCUT2D eigenvalue weighted by Gasteiger charge is -2.36. The van der Waals surface area contributed by atoms with E-state index in [1.807, 2.05) is 9.80 Å². The molecule has 1 aromatic rings. The van der Waals surface area contributed by atoms with Crippen molar-refractivity contribution < 1.29 is 9.59 Å². The topological polar surface area (TPSA) is 70.5 Å². The zero-order chi connectivity index (χ0) is 17.6. The molecule has 0 radical (unpaired) electrons. The molecule has 7 nitrogen and oxygen atoms in total. The van der Waals surface area contributed by atoms with Crippen molar-refractivity contribution >= 4 is 11.8 Å². The van der Waals surface area contributed by atoms with Crippen LogP contribution in [-0.2, 0) is 22.7 Å². The average molecular weight is 345 g/mol. The predicted molar refractivity (Wildman–Crippen MR) is 92.8 cm³/mol. The molecule has 4 heterocycles. The zero-order valence-corrected chi connectivity index (χ0v) is 15.1. The van der Waals surface area contributed by atoms with E-state index in [4.69, 9.17) is 4.98 Å². The van der Waals surface area contributed by atoms with Gasteiger partial charge in [-0.3, -0.25) is 9.59 Å². The van der Waals surface area contributed by atoms with Crippen LogP contribution in [0.2, 0.25) is 0 Å². The molecule has 1 N–H and O–H groups in total. The van der Waals surface area contributed by atoms with Gasteiger partial charge in [-0.1, -0.05) is 13.8 Å². The summed E-state index contributed by atoms with van der Waals surface area (Å²) in [6.07, 6.45) is 3.56. The molecular formula is C18H27N5O2. The number of carbonyl (C=O) groups excluding carboxylic acids is 2. The van der Waals surface area contributed by atoms with Crippen LogP contribution in [0.25, 0.3) is 0 Å². The van der Waals surface area contributed by atoms with E-state index in [0.717, 1.165) is 37.6 Å². The minimum Gasteiger partial charge on any atom is -0.336 e. The van der Waals surface area contributed by atoms with Crippen molar-refractivity contribution in [3.8, 4) is 0 Å². The van der Waals surface area contributed by atoms with Gasteiger partial charge in [-0.05, 0) is 12.3 Å². The van der Waals surface area contributed by atoms with Gasteiger partial charge in [-0.15, -0.1) is 0 Å². The van der Waals surface area contributed by atoms with Crippen molar-refractivity contribution in [2.24, 2.45) is 5.92 Å². The number of likely N-dealkylation sites (tertiary alicyclic amines) is 1. The summed E-state index contributed by atoms with van der Waals surface area (Å²) in [6.45, 7) is 8.69. The second-order valence-electron chi connectivity index (χ2n) is 7.60. The summed E-state index contributed by atoms with van der Waals surface area (Å²) in [7, 11) is 0. The van der Waals surface area contributed by atoms with E-state index in [0.29, 0.717) is 32.0 Å². The number of nitrogens with one attached hydrogen (secondary N) is 1. The van der Waals surface area contributed by atoms with E-state index < -0.39 is 0 Å². The Hall–Kier alpha value is -1.89. The van der Waals surface area contributed by atoms with Gasteiger partial charge in [0, 0.05) is 45.3 Å². The third kappa shape index (κ3) is 2.94. The summed E-state index contributed by atoms with van der Waals surface area (Å²) in [6, 6.07) is 0.281. The summed E-state index contributed by atoms with van der Waals surface area (Å²) in [5.41, 5.74) is 1.12. The number of hydrogen-bond donors (Lipinski definition) is 1. The molecule has 2 atom stereocenters. The fourth-order valence-electron chi connectivity index (χ4n) is 3.91. The molecule has 0 spiro atoms. The number of aromatic nitrogens is 2. The normalized spacial score (nSPS) is 25.0. The molecule has 136 valence electrons. The quantitative estimate of drug-likeness (QED) is 0.866. The van der Waals surface area contributed by atoms with Gasteiger partial charge in [0.2, 0.25) is 11.8 Å². The van der Waals surface area contributed by atoms with Gasteiger partial charge in [0.05, 0.1) is 24.2 Å². The van der Waals surface area contributed by atoms with Crippen LogP contribution in [0.3, 0.4) is 0 Å². The molecule has 2 amide bonds. The van der Waals surface area contributed by atoms with Gasteiger partial charge >= 0.3 is 0 Å². The molecular weight excluding hydrogens is 318 g/mol. The first-order chi connectivity index (χ1) is 12.1. The maximum absolute atomic E-state index is 12.9. The number of imidazole rings is 1. The zero-order valence-electron chi connectivity index (χ0n) is 15.1. The maximum Gasteiger partial charge on any atom is 0.228 e. The number of fused-ring (bicyclic) bond motifs is 1. The van der Waals surface area contributed by atoms with Gasteiger partial charge in [-0.25, -0.2) is 4.98 Å². The molecule has 0 saturated carbocycles. The van der Waals surface area contributed by atoms with Gasteiger partial charge < -0.3 is 19.7 Å². The molecule has 2 saturated heterocycles. The van der Waals surface area contributed by atoms with E-state index >= 15 is 0 Å². The molecule has 2 unspecified atom stereocenters. The summed E-state index contributed by atoms with van der Waals surface area (Å²) in [4.78, 5) is 33.7. The fraction of sp³-hybridized carbons (Fsp3) is 0.722. The minimum absolute atomic E-state index is 0.113. The highest BCUT2D eigenvalue weighted by Gasteiger charge is 2.41. The van der Waals surface area contributed by atoms with Crippen LogP contribution in [-0.4, -0.2) is 63.4 Å². The highest BCUT2D eigenvalue weighted by molar-refractivity contribution is 5.89. The lowest BCUT2D eigenvalue weighted by atomic mass is 10.1. The first kappa shape index (κ1) is 16.6. The lowest BCUT2D eigenvalue weighted by molar-refractivity contribution is -0.137. The van der Waals surface area contributed by atoms with Crippen LogP contribution in [0.15, 0.2) is 6.20 Å². The largest absolute Gasteiger partial charge is 0.336 e. The molecule has 7 heteroatoms. The summed E-state index contributed by atoms with van der Waals surface area (Å²) >= 11 is 0. The van der Waals surface area contributed by atoms with Crippen molar-refractivity contribution in [1.29, 1.82) is 0 Å². The van der Waals surface area contributed by atoms with Gasteiger partial charge in [0.15, 0.2) is 0 Å². The van der Waals surface area contributed by atoms with E-state index in [-0.39, 0.29) is 23.8 Å². The molecule has 0 aliphatic carbocycles. The summed E-state index contributed by atoms with van der Waals surface area (Å²) < 4.78 is 2.18. The van der Waals surface area contributed by atoms with Crippen molar-refractivity contribution in [2.75, 3.05) is 26.2 Å². The van der Waals surface area contributed by atoms with Gasteiger partial charge in [0.25, 0.3) is 0 Å². The maximum atomic E-state index is 12.9. The van der Waals surface area contributed by atoms with Crippen LogP contribution < -0.4 is 5.32 Å². The second-order valence-corrected chi connectivity index (χ2v) is 7.60. The summed E-state index contributed by atoms with van der Waals surface area (Å²) in [5.74, 6) is 1.46. The van der Waals surface area contributed by atoms with Crippen LogP contribution in [0, 0.1) is 5.92 Å². The Bertz CT molecular complexity index is 681. The second kappa shape index (κ2) is 6.44. The third-order valence-electron chi connectivity index (χ3n) is 5.96. The number of nitrogens with zero attached hydrogens (tertiary/aromatic N) is 4. The standard InChI is InChI=1S/C18H27N5O2/c1-3-12(2)15-10-21-4-5-22(11-16(21)20-15)18(25)13-6-17(24)23(9-13)14-7-19-8-14/h10,12-14,19H,3-9,11H2,1-2H3. The Morgan fingerprint density at radius 1 is 1.40 bits per heavy atom. The Balaban J connectivity index is 1.42. The monoisotopic (exact) mass is 345 g/mol. The SMILES string of the molecule is CCC(C)c1cn2c(n1)CN(C(=O)C1CC(=O)N(C3CNC3)C1)CC2. The Morgan fingerprint density at radius 3 is 2.88 bits per heavy atom. The molecule has 25 heavy (non-hydrogen) atoms. The molecule has 4 rings (SSSR count). The van der Waals surface area contributed by atoms with Crippen molar-refractivity contribution in [1.82, 2.24) is 24.7 Å². The Kier molecular flexibility index (Phi) is 4.27. The van der Waals surface area contributed by atoms with E-state index in [2.05, 4.69) is 29.9 Å². The van der Waals surface area contributed by atoms with Gasteiger partial charge in [0.1, 0.15) is 5.82 Å². The van der Waals surface area contributed by atoms with Crippen LogP contribution in [0.4, 0.5) is 0 Å². The molecule has 1 aromatic heterocycles. The van der Waals surface area contributed by atoms with E-state index in [1.54, 1.807) is 0 Å². The van der Waals surface area contributed by atoms with Crippen molar-refractivity contribution in [2.45, 2.75) is 51.7 Å². The van der Waals surface area contributed by atoms with Crippen molar-refractivity contribution in [3.63, 3.8) is 0 Å². The molecule has 0 bridgehead atoms. The first-order valence-corrected chi connectivity index (χ1v) is 9.41. The van der Waals surface area contributed by atoms with Crippen LogP contribution >= 0.6 is 0 Å². The molecule has 0 aromatic carbocycles.